The van der Waals surface area contributed by atoms with Gasteiger partial charge in [-0.15, -0.1) is 11.3 Å². The summed E-state index contributed by atoms with van der Waals surface area (Å²) in [6, 6.07) is 1.92. The van der Waals surface area contributed by atoms with Crippen molar-refractivity contribution in [2.24, 2.45) is 11.1 Å². The Morgan fingerprint density at radius 1 is 1.58 bits per heavy atom. The van der Waals surface area contributed by atoms with E-state index in [0.717, 1.165) is 16.3 Å². The summed E-state index contributed by atoms with van der Waals surface area (Å²) in [6.07, 6.45) is 1.04. The van der Waals surface area contributed by atoms with Crippen LogP contribution in [0.3, 0.4) is 0 Å². The number of thiophene rings is 1. The lowest BCUT2D eigenvalue weighted by atomic mass is 10.0. The zero-order chi connectivity index (χ0) is 8.98. The van der Waals surface area contributed by atoms with E-state index in [0.29, 0.717) is 0 Å². The molecule has 1 aromatic heterocycles. The van der Waals surface area contributed by atoms with Gasteiger partial charge in [0.2, 0.25) is 0 Å². The highest BCUT2D eigenvalue weighted by atomic mass is 35.5. The summed E-state index contributed by atoms with van der Waals surface area (Å²) in [7, 11) is 0. The Morgan fingerprint density at radius 3 is 2.50 bits per heavy atom. The highest BCUT2D eigenvalue weighted by Gasteiger charge is 2.60. The van der Waals surface area contributed by atoms with Crippen LogP contribution in [0.1, 0.15) is 25.1 Å². The Morgan fingerprint density at radius 2 is 2.17 bits per heavy atom. The van der Waals surface area contributed by atoms with Gasteiger partial charge in [0, 0.05) is 4.88 Å². The minimum Gasteiger partial charge on any atom is -0.320 e. The molecule has 2 rings (SSSR count). The normalized spacial score (nSPS) is 32.0. The van der Waals surface area contributed by atoms with Gasteiger partial charge in [-0.2, -0.15) is 0 Å². The molecule has 1 aliphatic rings. The zero-order valence-corrected chi connectivity index (χ0v) is 8.80. The minimum absolute atomic E-state index is 0.155. The van der Waals surface area contributed by atoms with Crippen molar-refractivity contribution in [3.8, 4) is 0 Å². The lowest BCUT2D eigenvalue weighted by molar-refractivity contribution is 0.516. The first-order valence-electron chi connectivity index (χ1n) is 4.00. The Balaban J connectivity index is 2.40. The second-order valence-corrected chi connectivity index (χ2v) is 5.45. The molecule has 0 amide bonds. The van der Waals surface area contributed by atoms with Crippen LogP contribution in [0, 0.1) is 5.41 Å². The monoisotopic (exact) mass is 201 g/mol. The fourth-order valence-corrected chi connectivity index (χ4v) is 3.17. The van der Waals surface area contributed by atoms with Crippen molar-refractivity contribution in [2.75, 3.05) is 0 Å². The first kappa shape index (κ1) is 8.54. The molecule has 2 N–H and O–H groups in total. The van der Waals surface area contributed by atoms with Crippen LogP contribution >= 0.6 is 22.9 Å². The maximum absolute atomic E-state index is 6.22. The fourth-order valence-electron chi connectivity index (χ4n) is 1.65. The van der Waals surface area contributed by atoms with E-state index in [1.54, 1.807) is 11.3 Å². The molecule has 0 radical (unpaired) electrons. The number of nitrogens with two attached hydrogens (primary N) is 1. The number of halogens is 1. The van der Waals surface area contributed by atoms with E-state index in [1.807, 2.05) is 11.4 Å². The average molecular weight is 202 g/mol. The van der Waals surface area contributed by atoms with Crippen molar-refractivity contribution in [1.82, 2.24) is 0 Å². The molecule has 1 heterocycles. The third kappa shape index (κ3) is 0.951. The van der Waals surface area contributed by atoms with Gasteiger partial charge in [0.05, 0.1) is 10.6 Å². The number of hydrogen-bond donors (Lipinski definition) is 1. The maximum Gasteiger partial charge on any atom is 0.0577 e. The predicted octanol–water partition coefficient (Wildman–Crippen LogP) is 2.99. The van der Waals surface area contributed by atoms with Gasteiger partial charge >= 0.3 is 0 Å². The topological polar surface area (TPSA) is 26.0 Å². The largest absolute Gasteiger partial charge is 0.320 e. The van der Waals surface area contributed by atoms with Crippen LogP contribution in [0.4, 0.5) is 0 Å². The molecule has 0 bridgehead atoms. The van der Waals surface area contributed by atoms with E-state index in [2.05, 4.69) is 13.8 Å². The Labute approximate surface area is 81.5 Å². The van der Waals surface area contributed by atoms with Crippen LogP contribution in [0.15, 0.2) is 11.4 Å². The van der Waals surface area contributed by atoms with Crippen LogP contribution in [0.2, 0.25) is 5.02 Å². The van der Waals surface area contributed by atoms with Gasteiger partial charge in [-0.05, 0) is 23.3 Å². The van der Waals surface area contributed by atoms with Gasteiger partial charge in [-0.3, -0.25) is 0 Å². The van der Waals surface area contributed by atoms with Crippen molar-refractivity contribution < 1.29 is 0 Å². The highest BCUT2D eigenvalue weighted by Crippen LogP contribution is 2.62. The highest BCUT2D eigenvalue weighted by molar-refractivity contribution is 7.10. The molecule has 1 atom stereocenters. The molecule has 12 heavy (non-hydrogen) atoms. The van der Waals surface area contributed by atoms with Crippen LogP contribution in [-0.4, -0.2) is 0 Å². The minimum atomic E-state index is -0.155. The molecule has 3 heteroatoms. The Hall–Kier alpha value is -0.0500. The number of rotatable bonds is 1. The predicted molar refractivity (Wildman–Crippen MR) is 53.6 cm³/mol. The molecule has 1 aliphatic carbocycles. The second-order valence-electron chi connectivity index (χ2n) is 4.13. The molecule has 1 saturated carbocycles. The molecule has 1 aromatic rings. The zero-order valence-electron chi connectivity index (χ0n) is 7.23. The van der Waals surface area contributed by atoms with Crippen LogP contribution < -0.4 is 5.73 Å². The molecule has 1 nitrogen and oxygen atoms in total. The van der Waals surface area contributed by atoms with Crippen molar-refractivity contribution in [3.05, 3.63) is 21.3 Å². The summed E-state index contributed by atoms with van der Waals surface area (Å²) in [5.74, 6) is 0. The van der Waals surface area contributed by atoms with Gasteiger partial charge in [0.15, 0.2) is 0 Å². The van der Waals surface area contributed by atoms with Crippen LogP contribution in [-0.2, 0) is 5.54 Å². The molecule has 0 aromatic carbocycles. The first-order chi connectivity index (χ1) is 5.47. The summed E-state index contributed by atoms with van der Waals surface area (Å²) in [6.45, 7) is 4.37. The molecule has 1 fully saturated rings. The molecule has 1 unspecified atom stereocenters. The number of hydrogen-bond acceptors (Lipinski definition) is 2. The quantitative estimate of drug-likeness (QED) is 0.743. The van der Waals surface area contributed by atoms with Crippen molar-refractivity contribution in [1.29, 1.82) is 0 Å². The van der Waals surface area contributed by atoms with E-state index in [9.17, 15) is 0 Å². The second kappa shape index (κ2) is 2.25. The standard InChI is InChI=1S/C9H12ClNS/c1-8(2)5-9(8,11)7-6(10)3-4-12-7/h3-4H,5,11H2,1-2H3. The third-order valence-electron chi connectivity index (χ3n) is 2.83. The molecular weight excluding hydrogens is 190 g/mol. The lowest BCUT2D eigenvalue weighted by Gasteiger charge is -2.13. The summed E-state index contributed by atoms with van der Waals surface area (Å²) < 4.78 is 0. The van der Waals surface area contributed by atoms with Gasteiger partial charge < -0.3 is 5.73 Å². The molecular formula is C9H12ClNS. The summed E-state index contributed by atoms with van der Waals surface area (Å²) in [5.41, 5.74) is 6.29. The average Bonchev–Trinajstić information content (AvgIpc) is 2.36. The van der Waals surface area contributed by atoms with Crippen LogP contribution in [0.25, 0.3) is 0 Å². The van der Waals surface area contributed by atoms with Crippen molar-refractivity contribution in [3.63, 3.8) is 0 Å². The van der Waals surface area contributed by atoms with Gasteiger partial charge in [0.1, 0.15) is 0 Å². The summed E-state index contributed by atoms with van der Waals surface area (Å²) >= 11 is 7.69. The molecule has 0 spiro atoms. The first-order valence-corrected chi connectivity index (χ1v) is 5.25. The van der Waals surface area contributed by atoms with Gasteiger partial charge in [-0.1, -0.05) is 25.4 Å². The van der Waals surface area contributed by atoms with Gasteiger partial charge in [0.25, 0.3) is 0 Å². The van der Waals surface area contributed by atoms with E-state index >= 15 is 0 Å². The molecule has 0 aliphatic heterocycles. The fraction of sp³-hybridized carbons (Fsp3) is 0.556. The maximum atomic E-state index is 6.22. The Bertz CT molecular complexity index is 318. The summed E-state index contributed by atoms with van der Waals surface area (Å²) in [4.78, 5) is 1.15. The SMILES string of the molecule is CC1(C)CC1(N)c1sccc1Cl. The van der Waals surface area contributed by atoms with E-state index in [-0.39, 0.29) is 11.0 Å². The third-order valence-corrected chi connectivity index (χ3v) is 4.34. The molecule has 66 valence electrons. The Kier molecular flexibility index (Phi) is 1.60. The lowest BCUT2D eigenvalue weighted by Crippen LogP contribution is -2.24. The van der Waals surface area contributed by atoms with Crippen molar-refractivity contribution in [2.45, 2.75) is 25.8 Å². The summed E-state index contributed by atoms with van der Waals surface area (Å²) in [5, 5.41) is 2.83. The van der Waals surface area contributed by atoms with Crippen LogP contribution in [0.5, 0.6) is 0 Å². The van der Waals surface area contributed by atoms with E-state index < -0.39 is 0 Å². The smallest absolute Gasteiger partial charge is 0.0577 e. The van der Waals surface area contributed by atoms with E-state index in [1.165, 1.54) is 0 Å². The molecule has 0 saturated heterocycles. The van der Waals surface area contributed by atoms with Gasteiger partial charge in [-0.25, -0.2) is 0 Å². The van der Waals surface area contributed by atoms with E-state index in [4.69, 9.17) is 17.3 Å². The van der Waals surface area contributed by atoms with Crippen molar-refractivity contribution >= 4 is 22.9 Å².